The number of hydrogen-bond donors (Lipinski definition) is 0. The molecule has 0 N–H and O–H groups in total. The van der Waals surface area contributed by atoms with Gasteiger partial charge in [0.15, 0.2) is 0 Å². The Morgan fingerprint density at radius 2 is 2.13 bits per heavy atom. The van der Waals surface area contributed by atoms with Gasteiger partial charge < -0.3 is 9.47 Å². The first-order valence-corrected chi connectivity index (χ1v) is 4.99. The van der Waals surface area contributed by atoms with Crippen LogP contribution in [0.4, 0.5) is 0 Å². The quantitative estimate of drug-likeness (QED) is 0.747. The lowest BCUT2D eigenvalue weighted by Crippen LogP contribution is -2.06. The number of esters is 1. The molecule has 0 heterocycles. The highest BCUT2D eigenvalue weighted by molar-refractivity contribution is 6.31. The molecule has 0 aliphatic heterocycles. The Morgan fingerprint density at radius 3 is 2.67 bits per heavy atom. The average Bonchev–Trinajstić information content (AvgIpc) is 2.22. The molecule has 0 aliphatic rings. The Bertz CT molecular complexity index is 374. The van der Waals surface area contributed by atoms with Gasteiger partial charge in [0.2, 0.25) is 0 Å². The summed E-state index contributed by atoms with van der Waals surface area (Å²) >= 11 is 5.92. The Morgan fingerprint density at radius 1 is 1.47 bits per heavy atom. The normalized spacial score (nSPS) is 9.87. The first-order valence-electron chi connectivity index (χ1n) is 4.61. The molecule has 1 aromatic carbocycles. The molecule has 0 unspecified atom stereocenters. The molecular formula is C11H13ClO3. The number of ether oxygens (including phenoxy) is 2. The van der Waals surface area contributed by atoms with Gasteiger partial charge in [-0.15, -0.1) is 0 Å². The van der Waals surface area contributed by atoms with Crippen molar-refractivity contribution >= 4 is 17.6 Å². The van der Waals surface area contributed by atoms with Crippen molar-refractivity contribution in [3.8, 4) is 5.75 Å². The van der Waals surface area contributed by atoms with Crippen LogP contribution >= 0.6 is 11.6 Å². The van der Waals surface area contributed by atoms with Crippen LogP contribution in [-0.4, -0.2) is 19.7 Å². The van der Waals surface area contributed by atoms with Gasteiger partial charge in [-0.25, -0.2) is 4.79 Å². The Hall–Kier alpha value is -1.22. The molecule has 0 amide bonds. The van der Waals surface area contributed by atoms with E-state index in [0.717, 1.165) is 5.56 Å². The predicted molar refractivity (Wildman–Crippen MR) is 58.7 cm³/mol. The van der Waals surface area contributed by atoms with E-state index in [9.17, 15) is 4.79 Å². The lowest BCUT2D eigenvalue weighted by molar-refractivity contribution is 0.0596. The maximum Gasteiger partial charge on any atom is 0.341 e. The summed E-state index contributed by atoms with van der Waals surface area (Å²) in [6, 6.07) is 3.30. The zero-order chi connectivity index (χ0) is 11.4. The van der Waals surface area contributed by atoms with Gasteiger partial charge >= 0.3 is 5.97 Å². The molecule has 0 fully saturated rings. The molecule has 82 valence electrons. The van der Waals surface area contributed by atoms with Crippen LogP contribution in [0.1, 0.15) is 22.8 Å². The smallest absolute Gasteiger partial charge is 0.341 e. The van der Waals surface area contributed by atoms with Crippen LogP contribution in [-0.2, 0) is 4.74 Å². The summed E-state index contributed by atoms with van der Waals surface area (Å²) in [5.41, 5.74) is 1.22. The van der Waals surface area contributed by atoms with E-state index in [4.69, 9.17) is 16.3 Å². The zero-order valence-corrected chi connectivity index (χ0v) is 9.72. The van der Waals surface area contributed by atoms with Crippen LogP contribution in [0.2, 0.25) is 5.02 Å². The van der Waals surface area contributed by atoms with Crippen molar-refractivity contribution in [1.29, 1.82) is 0 Å². The summed E-state index contributed by atoms with van der Waals surface area (Å²) in [5, 5.41) is 0.527. The molecule has 4 heteroatoms. The highest BCUT2D eigenvalue weighted by Crippen LogP contribution is 2.27. The van der Waals surface area contributed by atoms with Gasteiger partial charge in [-0.05, 0) is 31.5 Å². The molecule has 1 rings (SSSR count). The first-order chi connectivity index (χ1) is 7.10. The Balaban J connectivity index is 3.21. The second kappa shape index (κ2) is 5.03. The molecule has 0 atom stereocenters. The largest absolute Gasteiger partial charge is 0.493 e. The molecule has 0 bridgehead atoms. The van der Waals surface area contributed by atoms with Gasteiger partial charge in [-0.2, -0.15) is 0 Å². The molecule has 3 nitrogen and oxygen atoms in total. The zero-order valence-electron chi connectivity index (χ0n) is 8.96. The second-order valence-corrected chi connectivity index (χ2v) is 3.43. The average molecular weight is 229 g/mol. The van der Waals surface area contributed by atoms with E-state index in [1.54, 1.807) is 12.1 Å². The van der Waals surface area contributed by atoms with E-state index in [0.29, 0.717) is 22.9 Å². The third-order valence-electron chi connectivity index (χ3n) is 1.97. The maximum absolute atomic E-state index is 11.4. The van der Waals surface area contributed by atoms with Gasteiger partial charge in [0.1, 0.15) is 11.3 Å². The van der Waals surface area contributed by atoms with Crippen molar-refractivity contribution in [3.05, 3.63) is 28.3 Å². The van der Waals surface area contributed by atoms with Crippen LogP contribution in [0.5, 0.6) is 5.75 Å². The maximum atomic E-state index is 11.4. The number of hydrogen-bond acceptors (Lipinski definition) is 3. The van der Waals surface area contributed by atoms with E-state index in [-0.39, 0.29) is 0 Å². The van der Waals surface area contributed by atoms with Crippen molar-refractivity contribution in [2.45, 2.75) is 13.8 Å². The Kier molecular flexibility index (Phi) is 3.97. The lowest BCUT2D eigenvalue weighted by Gasteiger charge is -2.10. The van der Waals surface area contributed by atoms with Gasteiger partial charge in [-0.3, -0.25) is 0 Å². The van der Waals surface area contributed by atoms with Gasteiger partial charge in [0.25, 0.3) is 0 Å². The minimum atomic E-state index is -0.444. The van der Waals surface area contributed by atoms with Gasteiger partial charge in [0.05, 0.1) is 13.7 Å². The highest BCUT2D eigenvalue weighted by Gasteiger charge is 2.14. The van der Waals surface area contributed by atoms with Crippen molar-refractivity contribution in [2.75, 3.05) is 13.7 Å². The summed E-state index contributed by atoms with van der Waals surface area (Å²) in [6.45, 7) is 4.20. The third-order valence-corrected chi connectivity index (χ3v) is 2.37. The first kappa shape index (κ1) is 11.9. The molecule has 15 heavy (non-hydrogen) atoms. The number of rotatable bonds is 3. The number of benzene rings is 1. The number of methoxy groups -OCH3 is 1. The molecule has 0 aromatic heterocycles. The second-order valence-electron chi connectivity index (χ2n) is 3.02. The minimum absolute atomic E-state index is 0.356. The molecule has 0 aliphatic carbocycles. The number of carbonyl (C=O) groups excluding carboxylic acids is 1. The Labute approximate surface area is 93.9 Å². The van der Waals surface area contributed by atoms with E-state index >= 15 is 0 Å². The molecule has 0 spiro atoms. The number of carbonyl (C=O) groups is 1. The standard InChI is InChI=1S/C11H13ClO3/c1-4-15-10-5-7(2)9(12)6-8(10)11(13)14-3/h5-6H,4H2,1-3H3. The van der Waals surface area contributed by atoms with Crippen molar-refractivity contribution in [3.63, 3.8) is 0 Å². The number of aryl methyl sites for hydroxylation is 1. The fourth-order valence-corrected chi connectivity index (χ4v) is 1.36. The summed E-state index contributed by atoms with van der Waals surface area (Å²) < 4.78 is 9.98. The fraction of sp³-hybridized carbons (Fsp3) is 0.364. The molecule has 0 saturated heterocycles. The summed E-state index contributed by atoms with van der Waals surface area (Å²) in [7, 11) is 1.33. The highest BCUT2D eigenvalue weighted by atomic mass is 35.5. The minimum Gasteiger partial charge on any atom is -0.493 e. The molecule has 0 radical (unpaired) electrons. The molecular weight excluding hydrogens is 216 g/mol. The van der Waals surface area contributed by atoms with Crippen LogP contribution < -0.4 is 4.74 Å². The van der Waals surface area contributed by atoms with Gasteiger partial charge in [-0.1, -0.05) is 11.6 Å². The summed E-state index contributed by atoms with van der Waals surface area (Å²) in [5.74, 6) is 0.0617. The number of halogens is 1. The summed E-state index contributed by atoms with van der Waals surface area (Å²) in [4.78, 5) is 11.4. The van der Waals surface area contributed by atoms with Crippen LogP contribution in [0.25, 0.3) is 0 Å². The van der Waals surface area contributed by atoms with Gasteiger partial charge in [0, 0.05) is 5.02 Å². The fourth-order valence-electron chi connectivity index (χ4n) is 1.20. The summed E-state index contributed by atoms with van der Waals surface area (Å²) in [6.07, 6.45) is 0. The predicted octanol–water partition coefficient (Wildman–Crippen LogP) is 2.83. The van der Waals surface area contributed by atoms with Crippen LogP contribution in [0.3, 0.4) is 0 Å². The van der Waals surface area contributed by atoms with Crippen molar-refractivity contribution in [1.82, 2.24) is 0 Å². The third kappa shape index (κ3) is 2.63. The van der Waals surface area contributed by atoms with E-state index in [1.165, 1.54) is 7.11 Å². The SMILES string of the molecule is CCOc1cc(C)c(Cl)cc1C(=O)OC. The van der Waals surface area contributed by atoms with Crippen molar-refractivity contribution < 1.29 is 14.3 Å². The van der Waals surface area contributed by atoms with E-state index in [2.05, 4.69) is 4.74 Å². The monoisotopic (exact) mass is 228 g/mol. The van der Waals surface area contributed by atoms with Crippen molar-refractivity contribution in [2.24, 2.45) is 0 Å². The van der Waals surface area contributed by atoms with E-state index in [1.807, 2.05) is 13.8 Å². The van der Waals surface area contributed by atoms with Crippen LogP contribution in [0, 0.1) is 6.92 Å². The topological polar surface area (TPSA) is 35.5 Å². The molecule has 0 saturated carbocycles. The molecule has 1 aromatic rings. The lowest BCUT2D eigenvalue weighted by atomic mass is 10.1. The van der Waals surface area contributed by atoms with E-state index < -0.39 is 5.97 Å². The van der Waals surface area contributed by atoms with Crippen LogP contribution in [0.15, 0.2) is 12.1 Å².